The van der Waals surface area contributed by atoms with Gasteiger partial charge in [0.25, 0.3) is 0 Å². The molecule has 2 amide bonds. The Kier molecular flexibility index (Phi) is 2.96. The van der Waals surface area contributed by atoms with Crippen LogP contribution in [0.15, 0.2) is 22.7 Å². The SMILES string of the molecule is O=C1CC2(CCCC2)C(=O)N1c1ccc(Br)c(F)c1. The molecule has 1 saturated heterocycles. The zero-order chi connectivity index (χ0) is 13.6. The Balaban J connectivity index is 1.98. The molecule has 0 aromatic heterocycles. The molecule has 3 nitrogen and oxygen atoms in total. The van der Waals surface area contributed by atoms with Crippen molar-refractivity contribution in [3.63, 3.8) is 0 Å². The van der Waals surface area contributed by atoms with Gasteiger partial charge in [-0.25, -0.2) is 9.29 Å². The van der Waals surface area contributed by atoms with Crippen LogP contribution in [-0.2, 0) is 9.59 Å². The Hall–Kier alpha value is -1.23. The van der Waals surface area contributed by atoms with E-state index in [2.05, 4.69) is 15.9 Å². The predicted octanol–water partition coefficient (Wildman–Crippen LogP) is 3.41. The van der Waals surface area contributed by atoms with E-state index in [1.807, 2.05) is 0 Å². The minimum atomic E-state index is -0.513. The molecule has 2 aliphatic rings. The number of anilines is 1. The zero-order valence-electron chi connectivity index (χ0n) is 10.3. The van der Waals surface area contributed by atoms with E-state index in [9.17, 15) is 14.0 Å². The molecule has 2 fully saturated rings. The maximum atomic E-state index is 13.6. The third-order valence-electron chi connectivity index (χ3n) is 4.12. The molecule has 1 spiro atoms. The number of hydrogen-bond acceptors (Lipinski definition) is 2. The quantitative estimate of drug-likeness (QED) is 0.742. The number of amides is 2. The number of rotatable bonds is 1. The van der Waals surface area contributed by atoms with E-state index in [1.165, 1.54) is 12.1 Å². The summed E-state index contributed by atoms with van der Waals surface area (Å²) >= 11 is 3.06. The highest BCUT2D eigenvalue weighted by atomic mass is 79.9. The van der Waals surface area contributed by atoms with Crippen LogP contribution in [0.3, 0.4) is 0 Å². The molecule has 5 heteroatoms. The summed E-state index contributed by atoms with van der Waals surface area (Å²) in [6.07, 6.45) is 3.78. The molecular formula is C14H13BrFNO2. The van der Waals surface area contributed by atoms with Gasteiger partial charge in [-0.15, -0.1) is 0 Å². The fourth-order valence-electron chi connectivity index (χ4n) is 3.12. The van der Waals surface area contributed by atoms with Gasteiger partial charge in [0, 0.05) is 6.42 Å². The summed E-state index contributed by atoms with van der Waals surface area (Å²) in [4.78, 5) is 25.8. The van der Waals surface area contributed by atoms with Crippen molar-refractivity contribution in [2.75, 3.05) is 4.90 Å². The van der Waals surface area contributed by atoms with Gasteiger partial charge in [-0.1, -0.05) is 12.8 Å². The second-order valence-electron chi connectivity index (χ2n) is 5.30. The minimum Gasteiger partial charge on any atom is -0.274 e. The first-order valence-corrected chi connectivity index (χ1v) is 7.15. The van der Waals surface area contributed by atoms with Crippen LogP contribution in [0, 0.1) is 11.2 Å². The van der Waals surface area contributed by atoms with E-state index in [1.54, 1.807) is 6.07 Å². The highest BCUT2D eigenvalue weighted by Gasteiger charge is 2.53. The maximum absolute atomic E-state index is 13.6. The summed E-state index contributed by atoms with van der Waals surface area (Å²) in [5.41, 5.74) is -0.180. The third-order valence-corrected chi connectivity index (χ3v) is 4.76. The molecule has 0 bridgehead atoms. The molecule has 0 atom stereocenters. The van der Waals surface area contributed by atoms with Gasteiger partial charge in [0.2, 0.25) is 11.8 Å². The molecule has 0 unspecified atom stereocenters. The number of benzene rings is 1. The predicted molar refractivity (Wildman–Crippen MR) is 72.1 cm³/mol. The van der Waals surface area contributed by atoms with Crippen LogP contribution >= 0.6 is 15.9 Å². The highest BCUT2D eigenvalue weighted by Crippen LogP contribution is 2.48. The monoisotopic (exact) mass is 325 g/mol. The van der Waals surface area contributed by atoms with Crippen molar-refractivity contribution in [2.24, 2.45) is 5.41 Å². The molecule has 1 heterocycles. The zero-order valence-corrected chi connectivity index (χ0v) is 11.9. The number of carbonyl (C=O) groups is 2. The van der Waals surface area contributed by atoms with Crippen molar-refractivity contribution in [2.45, 2.75) is 32.1 Å². The maximum Gasteiger partial charge on any atom is 0.240 e. The Labute approximate surface area is 118 Å². The van der Waals surface area contributed by atoms with Crippen molar-refractivity contribution in [1.82, 2.24) is 0 Å². The largest absolute Gasteiger partial charge is 0.274 e. The van der Waals surface area contributed by atoms with Gasteiger partial charge in [0.05, 0.1) is 15.6 Å². The lowest BCUT2D eigenvalue weighted by molar-refractivity contribution is -0.125. The lowest BCUT2D eigenvalue weighted by Crippen LogP contribution is -2.34. The molecule has 100 valence electrons. The van der Waals surface area contributed by atoms with E-state index in [0.29, 0.717) is 10.2 Å². The van der Waals surface area contributed by atoms with E-state index < -0.39 is 11.2 Å². The lowest BCUT2D eigenvalue weighted by atomic mass is 9.84. The second kappa shape index (κ2) is 4.40. The minimum absolute atomic E-state index is 0.156. The van der Waals surface area contributed by atoms with Gasteiger partial charge < -0.3 is 0 Å². The van der Waals surface area contributed by atoms with E-state index in [-0.39, 0.29) is 18.2 Å². The number of halogens is 2. The molecule has 0 N–H and O–H groups in total. The Morgan fingerprint density at radius 2 is 1.89 bits per heavy atom. The Morgan fingerprint density at radius 3 is 2.53 bits per heavy atom. The first-order valence-electron chi connectivity index (χ1n) is 6.36. The molecule has 3 rings (SSSR count). The fraction of sp³-hybridized carbons (Fsp3) is 0.429. The molecule has 1 aromatic rings. The standard InChI is InChI=1S/C14H13BrFNO2/c15-10-4-3-9(7-11(10)16)17-12(18)8-14(13(17)19)5-1-2-6-14/h3-4,7H,1-2,5-6,8H2. The van der Waals surface area contributed by atoms with Gasteiger partial charge >= 0.3 is 0 Å². The molecular weight excluding hydrogens is 313 g/mol. The van der Waals surface area contributed by atoms with Crippen LogP contribution in [0.5, 0.6) is 0 Å². The van der Waals surface area contributed by atoms with E-state index in [4.69, 9.17) is 0 Å². The van der Waals surface area contributed by atoms with Crippen molar-refractivity contribution in [3.8, 4) is 0 Å². The molecule has 0 radical (unpaired) electrons. The van der Waals surface area contributed by atoms with Crippen LogP contribution in [0.4, 0.5) is 10.1 Å². The van der Waals surface area contributed by atoms with Crippen molar-refractivity contribution in [1.29, 1.82) is 0 Å². The third kappa shape index (κ3) is 1.91. The highest BCUT2D eigenvalue weighted by molar-refractivity contribution is 9.10. The van der Waals surface area contributed by atoms with Crippen LogP contribution in [0.25, 0.3) is 0 Å². The first-order chi connectivity index (χ1) is 9.03. The number of carbonyl (C=O) groups excluding carboxylic acids is 2. The van der Waals surface area contributed by atoms with Gasteiger partial charge in [-0.2, -0.15) is 0 Å². The van der Waals surface area contributed by atoms with Gasteiger partial charge in [-0.3, -0.25) is 9.59 Å². The molecule has 1 aliphatic carbocycles. The Bertz CT molecular complexity index is 567. The lowest BCUT2D eigenvalue weighted by Gasteiger charge is -2.21. The smallest absolute Gasteiger partial charge is 0.240 e. The normalized spacial score (nSPS) is 21.7. The van der Waals surface area contributed by atoms with E-state index in [0.717, 1.165) is 30.6 Å². The van der Waals surface area contributed by atoms with Crippen LogP contribution < -0.4 is 4.90 Å². The van der Waals surface area contributed by atoms with Gasteiger partial charge in [-0.05, 0) is 47.0 Å². The van der Waals surface area contributed by atoms with Crippen LogP contribution in [0.1, 0.15) is 32.1 Å². The Morgan fingerprint density at radius 1 is 1.21 bits per heavy atom. The van der Waals surface area contributed by atoms with Crippen molar-refractivity contribution in [3.05, 3.63) is 28.5 Å². The topological polar surface area (TPSA) is 37.4 Å². The summed E-state index contributed by atoms with van der Waals surface area (Å²) in [5.74, 6) is -0.837. The number of nitrogens with zero attached hydrogens (tertiary/aromatic N) is 1. The average Bonchev–Trinajstić information content (AvgIpc) is 2.91. The summed E-state index contributed by atoms with van der Waals surface area (Å²) in [6, 6.07) is 4.34. The number of imide groups is 1. The van der Waals surface area contributed by atoms with Crippen LogP contribution in [0.2, 0.25) is 0 Å². The molecule has 19 heavy (non-hydrogen) atoms. The van der Waals surface area contributed by atoms with Gasteiger partial charge in [0.15, 0.2) is 0 Å². The van der Waals surface area contributed by atoms with Crippen molar-refractivity contribution < 1.29 is 14.0 Å². The molecule has 1 saturated carbocycles. The summed E-state index contributed by atoms with van der Waals surface area (Å²) in [7, 11) is 0. The van der Waals surface area contributed by atoms with Crippen LogP contribution in [-0.4, -0.2) is 11.8 Å². The van der Waals surface area contributed by atoms with Gasteiger partial charge in [0.1, 0.15) is 5.82 Å². The fourth-order valence-corrected chi connectivity index (χ4v) is 3.37. The van der Waals surface area contributed by atoms with Crippen molar-refractivity contribution >= 4 is 33.4 Å². The first kappa shape index (κ1) is 12.8. The summed E-state index contributed by atoms with van der Waals surface area (Å²) in [5, 5.41) is 0. The molecule has 1 aliphatic heterocycles. The average molecular weight is 326 g/mol. The summed E-state index contributed by atoms with van der Waals surface area (Å²) in [6.45, 7) is 0. The number of hydrogen-bond donors (Lipinski definition) is 0. The summed E-state index contributed by atoms with van der Waals surface area (Å²) < 4.78 is 13.9. The second-order valence-corrected chi connectivity index (χ2v) is 6.15. The molecule has 1 aromatic carbocycles. The van der Waals surface area contributed by atoms with E-state index >= 15 is 0 Å².